The molecule has 0 aliphatic carbocycles. The molecule has 0 aromatic carbocycles. The van der Waals surface area contributed by atoms with Gasteiger partial charge in [-0.3, -0.25) is 10.1 Å². The van der Waals surface area contributed by atoms with Crippen LogP contribution in [0.4, 0.5) is 0 Å². The first-order chi connectivity index (χ1) is 5.24. The molecule has 0 aliphatic heterocycles. The third-order valence-corrected chi connectivity index (χ3v) is 1.16. The molecule has 0 radical (unpaired) electrons. The molecule has 0 unspecified atom stereocenters. The maximum absolute atomic E-state index is 10.9. The summed E-state index contributed by atoms with van der Waals surface area (Å²) in [6.07, 6.45) is 2.84. The summed E-state index contributed by atoms with van der Waals surface area (Å²) in [5, 5.41) is 10.1. The lowest BCUT2D eigenvalue weighted by Crippen LogP contribution is -2.16. The monoisotopic (exact) mass is 150 g/mol. The fourth-order valence-corrected chi connectivity index (χ4v) is 0.685. The van der Waals surface area contributed by atoms with Gasteiger partial charge in [-0.25, -0.2) is 0 Å². The van der Waals surface area contributed by atoms with Gasteiger partial charge in [-0.05, 0) is 13.0 Å². The highest BCUT2D eigenvalue weighted by molar-refractivity contribution is 5.94. The van der Waals surface area contributed by atoms with Crippen molar-refractivity contribution >= 4 is 5.91 Å². The number of rotatable bonds is 1. The van der Waals surface area contributed by atoms with Crippen LogP contribution in [0.3, 0.4) is 0 Å². The number of nitriles is 1. The van der Waals surface area contributed by atoms with Crippen LogP contribution in [0.2, 0.25) is 0 Å². The molecule has 0 aliphatic rings. The zero-order valence-corrected chi connectivity index (χ0v) is 5.92. The van der Waals surface area contributed by atoms with Crippen LogP contribution in [0.5, 0.6) is 0 Å². The third kappa shape index (κ3) is 1.58. The third-order valence-electron chi connectivity index (χ3n) is 1.16. The Morgan fingerprint density at radius 2 is 2.55 bits per heavy atom. The lowest BCUT2D eigenvalue weighted by atomic mass is 10.3. The Hall–Kier alpha value is -1.76. The van der Waals surface area contributed by atoms with Crippen molar-refractivity contribution in [2.45, 2.75) is 6.92 Å². The van der Waals surface area contributed by atoms with E-state index in [4.69, 9.17) is 9.68 Å². The molecule has 1 N–H and O–H groups in total. The van der Waals surface area contributed by atoms with E-state index in [2.05, 4.69) is 0 Å². The molecule has 1 aromatic rings. The smallest absolute Gasteiger partial charge is 0.267 e. The van der Waals surface area contributed by atoms with Gasteiger partial charge < -0.3 is 4.42 Å². The molecular weight excluding hydrogens is 144 g/mol. The van der Waals surface area contributed by atoms with Crippen LogP contribution >= 0.6 is 0 Å². The molecule has 0 atom stereocenters. The number of carbonyl (C=O) groups is 1. The van der Waals surface area contributed by atoms with E-state index in [1.165, 1.54) is 12.5 Å². The molecule has 0 spiro atoms. The van der Waals surface area contributed by atoms with Gasteiger partial charge >= 0.3 is 0 Å². The Morgan fingerprint density at radius 3 is 3.00 bits per heavy atom. The van der Waals surface area contributed by atoms with Gasteiger partial charge in [0.2, 0.25) is 0 Å². The number of furan rings is 1. The van der Waals surface area contributed by atoms with Crippen molar-refractivity contribution in [1.82, 2.24) is 5.32 Å². The summed E-state index contributed by atoms with van der Waals surface area (Å²) in [4.78, 5) is 10.9. The van der Waals surface area contributed by atoms with Crippen LogP contribution in [0.25, 0.3) is 0 Å². The van der Waals surface area contributed by atoms with Crippen LogP contribution in [0.1, 0.15) is 16.1 Å². The van der Waals surface area contributed by atoms with Crippen LogP contribution in [0, 0.1) is 18.4 Å². The summed E-state index contributed by atoms with van der Waals surface area (Å²) >= 11 is 0. The number of hydrogen-bond donors (Lipinski definition) is 1. The van der Waals surface area contributed by atoms with Crippen molar-refractivity contribution in [2.75, 3.05) is 0 Å². The van der Waals surface area contributed by atoms with Crippen molar-refractivity contribution in [2.24, 2.45) is 0 Å². The summed E-state index contributed by atoms with van der Waals surface area (Å²) < 4.78 is 4.86. The van der Waals surface area contributed by atoms with Crippen molar-refractivity contribution in [3.63, 3.8) is 0 Å². The largest absolute Gasteiger partial charge is 0.469 e. The molecule has 0 saturated carbocycles. The van der Waals surface area contributed by atoms with Gasteiger partial charge in [0.15, 0.2) is 6.19 Å². The molecule has 11 heavy (non-hydrogen) atoms. The van der Waals surface area contributed by atoms with Gasteiger partial charge in [-0.15, -0.1) is 0 Å². The molecule has 0 saturated heterocycles. The molecular formula is C7H6N2O2. The minimum absolute atomic E-state index is 0.365. The van der Waals surface area contributed by atoms with E-state index in [0.29, 0.717) is 11.3 Å². The van der Waals surface area contributed by atoms with E-state index in [-0.39, 0.29) is 0 Å². The normalized spacial score (nSPS) is 8.73. The fourth-order valence-electron chi connectivity index (χ4n) is 0.685. The van der Waals surface area contributed by atoms with E-state index in [0.717, 1.165) is 0 Å². The molecule has 4 nitrogen and oxygen atoms in total. The SMILES string of the molecule is Cc1cc(C(=O)NC#N)co1. The fraction of sp³-hybridized carbons (Fsp3) is 0.143. The standard InChI is InChI=1S/C7H6N2O2/c1-5-2-6(3-11-5)7(10)9-4-8/h2-3H,1H3,(H,9,10). The average molecular weight is 150 g/mol. The minimum atomic E-state index is -0.440. The Labute approximate surface area is 63.4 Å². The molecule has 1 aromatic heterocycles. The maximum atomic E-state index is 10.9. The first-order valence-corrected chi connectivity index (χ1v) is 2.98. The highest BCUT2D eigenvalue weighted by Crippen LogP contribution is 2.04. The first-order valence-electron chi connectivity index (χ1n) is 2.98. The second-order valence-electron chi connectivity index (χ2n) is 2.01. The minimum Gasteiger partial charge on any atom is -0.469 e. The van der Waals surface area contributed by atoms with Gasteiger partial charge in [0.05, 0.1) is 5.56 Å². The van der Waals surface area contributed by atoms with Crippen LogP contribution in [0.15, 0.2) is 16.7 Å². The van der Waals surface area contributed by atoms with Crippen molar-refractivity contribution in [1.29, 1.82) is 5.26 Å². The second kappa shape index (κ2) is 2.88. The maximum Gasteiger partial charge on any atom is 0.267 e. The predicted molar refractivity (Wildman–Crippen MR) is 36.5 cm³/mol. The van der Waals surface area contributed by atoms with Gasteiger partial charge in [0.25, 0.3) is 5.91 Å². The summed E-state index contributed by atoms with van der Waals surface area (Å²) in [5.41, 5.74) is 0.365. The van der Waals surface area contributed by atoms with E-state index in [9.17, 15) is 4.79 Å². The van der Waals surface area contributed by atoms with Gasteiger partial charge in [0, 0.05) is 0 Å². The van der Waals surface area contributed by atoms with Gasteiger partial charge in [0.1, 0.15) is 12.0 Å². The number of nitrogens with one attached hydrogen (secondary N) is 1. The summed E-state index contributed by atoms with van der Waals surface area (Å²) in [5.74, 6) is 0.206. The predicted octanol–water partition coefficient (Wildman–Crippen LogP) is 0.799. The Balaban J connectivity index is 2.78. The van der Waals surface area contributed by atoms with E-state index in [1.54, 1.807) is 13.0 Å². The van der Waals surface area contributed by atoms with Crippen LogP contribution in [-0.2, 0) is 0 Å². The van der Waals surface area contributed by atoms with Crippen molar-refractivity contribution in [3.8, 4) is 6.19 Å². The number of aryl methyl sites for hydroxylation is 1. The van der Waals surface area contributed by atoms with E-state index < -0.39 is 5.91 Å². The lowest BCUT2D eigenvalue weighted by molar-refractivity contribution is 0.0972. The zero-order chi connectivity index (χ0) is 8.27. The van der Waals surface area contributed by atoms with E-state index >= 15 is 0 Å². The lowest BCUT2D eigenvalue weighted by Gasteiger charge is -1.87. The van der Waals surface area contributed by atoms with Crippen LogP contribution < -0.4 is 5.32 Å². The van der Waals surface area contributed by atoms with Crippen LogP contribution in [-0.4, -0.2) is 5.91 Å². The van der Waals surface area contributed by atoms with Crippen molar-refractivity contribution in [3.05, 3.63) is 23.7 Å². The highest BCUT2D eigenvalue weighted by Gasteiger charge is 2.06. The first kappa shape index (κ1) is 7.35. The van der Waals surface area contributed by atoms with E-state index in [1.807, 2.05) is 5.32 Å². The molecule has 0 fully saturated rings. The topological polar surface area (TPSA) is 66.0 Å². The molecule has 0 bridgehead atoms. The Morgan fingerprint density at radius 1 is 1.82 bits per heavy atom. The molecule has 1 amide bonds. The number of amides is 1. The molecule has 1 heterocycles. The van der Waals surface area contributed by atoms with Gasteiger partial charge in [-0.1, -0.05) is 0 Å². The Bertz CT molecular complexity index is 308. The summed E-state index contributed by atoms with van der Waals surface area (Å²) in [7, 11) is 0. The summed E-state index contributed by atoms with van der Waals surface area (Å²) in [6, 6.07) is 1.56. The van der Waals surface area contributed by atoms with Gasteiger partial charge in [-0.2, -0.15) is 5.26 Å². The summed E-state index contributed by atoms with van der Waals surface area (Å²) in [6.45, 7) is 1.73. The molecule has 56 valence electrons. The van der Waals surface area contributed by atoms with Crippen molar-refractivity contribution < 1.29 is 9.21 Å². The second-order valence-corrected chi connectivity index (χ2v) is 2.01. The Kier molecular flexibility index (Phi) is 1.93. The molecule has 4 heteroatoms. The average Bonchev–Trinajstić information content (AvgIpc) is 2.36. The highest BCUT2D eigenvalue weighted by atomic mass is 16.3. The molecule has 1 rings (SSSR count). The number of nitrogens with zero attached hydrogens (tertiary/aromatic N) is 1. The quantitative estimate of drug-likeness (QED) is 0.475. The number of hydrogen-bond acceptors (Lipinski definition) is 3. The number of carbonyl (C=O) groups excluding carboxylic acids is 1. The zero-order valence-electron chi connectivity index (χ0n) is 5.92.